The van der Waals surface area contributed by atoms with Crippen LogP contribution in [0.4, 0.5) is 5.13 Å². The molecule has 21 heteroatoms. The van der Waals surface area contributed by atoms with Crippen LogP contribution in [0.15, 0.2) is 33.9 Å². The third kappa shape index (κ3) is 5.93. The van der Waals surface area contributed by atoms with Crippen LogP contribution in [0.3, 0.4) is 0 Å². The maximum atomic E-state index is 13.3. The Morgan fingerprint density at radius 2 is 1.73 bits per heavy atom. The highest BCUT2D eigenvalue weighted by Crippen LogP contribution is 2.33. The van der Waals surface area contributed by atoms with Crippen molar-refractivity contribution in [2.45, 2.75) is 25.5 Å². The quantitative estimate of drug-likeness (QED) is 0.0584. The molecule has 1 saturated heterocycles. The number of aromatic hydroxyl groups is 2. The fraction of sp³-hybridized carbons (Fsp3) is 0.296. The number of carbonyl (C=O) groups excluding carboxylic acids is 5. The average Bonchev–Trinajstić information content (AvgIpc) is 3.74. The van der Waals surface area contributed by atoms with Gasteiger partial charge >= 0.3 is 11.9 Å². The minimum Gasteiger partial charge on any atom is -0.504 e. The molecule has 0 aliphatic carbocycles. The van der Waals surface area contributed by atoms with E-state index in [-0.39, 0.29) is 53.7 Å². The fourth-order valence-electron chi connectivity index (χ4n) is 4.87. The number of rotatable bonds is 11. The third-order valence-corrected chi connectivity index (χ3v) is 8.02. The Kier molecular flexibility index (Phi) is 8.50. The summed E-state index contributed by atoms with van der Waals surface area (Å²) in [6, 6.07) is 0.547. The van der Waals surface area contributed by atoms with Gasteiger partial charge in [0.15, 0.2) is 28.0 Å². The standard InChI is InChI=1S/C27H26N8O12S/c1-27(2,25(45)46)47-32-17(14-9-48-26(28)31-14)20(39)30-13-8-33-7-12(18(24(43)44)35(33)23(13)42)19(38)29-3-4-34-21(40)10-5-15(36)16(37)6-11(10)22(34)41/h5-6,9,13,36-37H,3-4,7-8H2,1-2H3,(H2,28,31)(H,29,38)(H,30,39)(H,43,44)(H,45,46). The number of anilines is 1. The van der Waals surface area contributed by atoms with Crippen molar-refractivity contribution in [2.75, 3.05) is 31.9 Å². The number of nitrogen functional groups attached to an aromatic ring is 1. The van der Waals surface area contributed by atoms with Gasteiger partial charge in [-0.05, 0) is 26.0 Å². The summed E-state index contributed by atoms with van der Waals surface area (Å²) in [5.41, 5.74) is 1.93. The lowest BCUT2D eigenvalue weighted by molar-refractivity contribution is -0.161. The summed E-state index contributed by atoms with van der Waals surface area (Å²) >= 11 is 0.951. The molecule has 252 valence electrons. The molecule has 1 unspecified atom stereocenters. The second-order valence-corrected chi connectivity index (χ2v) is 11.9. The molecule has 1 fully saturated rings. The highest BCUT2D eigenvalue weighted by atomic mass is 32.1. The zero-order chi connectivity index (χ0) is 35.2. The smallest absolute Gasteiger partial charge is 0.354 e. The predicted octanol–water partition coefficient (Wildman–Crippen LogP) is -1.97. The number of oxime groups is 1. The highest BCUT2D eigenvalue weighted by Gasteiger charge is 2.49. The van der Waals surface area contributed by atoms with Gasteiger partial charge in [0.1, 0.15) is 11.7 Å². The number of carboxylic acids is 2. The first-order valence-corrected chi connectivity index (χ1v) is 14.7. The minimum absolute atomic E-state index is 0.0537. The van der Waals surface area contributed by atoms with Crippen molar-refractivity contribution >= 4 is 63.7 Å². The van der Waals surface area contributed by atoms with E-state index in [9.17, 15) is 54.0 Å². The van der Waals surface area contributed by atoms with Crippen LogP contribution in [-0.4, -0.2) is 125 Å². The second kappa shape index (κ2) is 12.3. The van der Waals surface area contributed by atoms with Crippen molar-refractivity contribution in [3.8, 4) is 11.5 Å². The van der Waals surface area contributed by atoms with E-state index >= 15 is 0 Å². The molecular formula is C27H26N8O12S. The molecule has 0 bridgehead atoms. The molecular weight excluding hydrogens is 660 g/mol. The first kappa shape index (κ1) is 33.3. The van der Waals surface area contributed by atoms with E-state index in [0.29, 0.717) is 0 Å². The number of phenols is 2. The molecule has 20 nitrogen and oxygen atoms in total. The van der Waals surface area contributed by atoms with Crippen molar-refractivity contribution in [3.05, 3.63) is 45.6 Å². The normalized spacial score (nSPS) is 17.9. The van der Waals surface area contributed by atoms with Gasteiger partial charge in [-0.25, -0.2) is 24.6 Å². The number of thiazole rings is 1. The van der Waals surface area contributed by atoms with Crippen molar-refractivity contribution in [3.63, 3.8) is 0 Å². The first-order chi connectivity index (χ1) is 22.5. The lowest BCUT2D eigenvalue weighted by Gasteiger charge is -2.19. The van der Waals surface area contributed by atoms with Gasteiger partial charge in [-0.1, -0.05) is 5.16 Å². The van der Waals surface area contributed by atoms with E-state index in [1.54, 1.807) is 0 Å². The summed E-state index contributed by atoms with van der Waals surface area (Å²) in [5.74, 6) is -8.61. The van der Waals surface area contributed by atoms with Crippen molar-refractivity contribution in [1.82, 2.24) is 30.5 Å². The number of aliphatic carboxylic acids is 2. The minimum atomic E-state index is -1.85. The van der Waals surface area contributed by atoms with Gasteiger partial charge in [-0.15, -0.1) is 11.3 Å². The molecule has 3 aliphatic heterocycles. The number of benzene rings is 1. The zero-order valence-electron chi connectivity index (χ0n) is 24.9. The molecule has 4 heterocycles. The van der Waals surface area contributed by atoms with Gasteiger partial charge in [0, 0.05) is 25.0 Å². The van der Waals surface area contributed by atoms with E-state index in [1.165, 1.54) is 24.2 Å². The van der Waals surface area contributed by atoms with Gasteiger partial charge in [-0.2, -0.15) is 0 Å². The maximum Gasteiger partial charge on any atom is 0.354 e. The van der Waals surface area contributed by atoms with Crippen molar-refractivity contribution in [2.24, 2.45) is 5.16 Å². The molecule has 3 aliphatic rings. The van der Waals surface area contributed by atoms with Crippen LogP contribution < -0.4 is 16.4 Å². The molecule has 1 aromatic heterocycles. The third-order valence-electron chi connectivity index (χ3n) is 7.35. The average molecular weight is 687 g/mol. The van der Waals surface area contributed by atoms with E-state index in [0.717, 1.165) is 33.4 Å². The summed E-state index contributed by atoms with van der Waals surface area (Å²) in [4.78, 5) is 98.3. The number of carbonyl (C=O) groups is 7. The summed E-state index contributed by atoms with van der Waals surface area (Å²) in [5, 5.41) is 50.4. The number of nitrogens with one attached hydrogen (secondary N) is 2. The molecule has 8 N–H and O–H groups in total. The molecule has 0 saturated carbocycles. The number of carboxylic acid groups (broad SMARTS) is 2. The number of phenolic OH excluding ortho intramolecular Hbond substituents is 2. The monoisotopic (exact) mass is 686 g/mol. The first-order valence-electron chi connectivity index (χ1n) is 13.8. The van der Waals surface area contributed by atoms with Gasteiger partial charge in [0.25, 0.3) is 29.5 Å². The number of nitrogens with zero attached hydrogens (tertiary/aromatic N) is 5. The summed E-state index contributed by atoms with van der Waals surface area (Å²) in [7, 11) is 0. The van der Waals surface area contributed by atoms with Crippen LogP contribution in [0.25, 0.3) is 0 Å². The zero-order valence-corrected chi connectivity index (χ0v) is 25.7. The molecule has 5 rings (SSSR count). The fourth-order valence-corrected chi connectivity index (χ4v) is 5.41. The van der Waals surface area contributed by atoms with Gasteiger partial charge < -0.3 is 41.6 Å². The number of amides is 5. The maximum absolute atomic E-state index is 13.3. The molecule has 1 atom stereocenters. The Balaban J connectivity index is 1.26. The Morgan fingerprint density at radius 1 is 1.10 bits per heavy atom. The number of imide groups is 1. The number of nitrogens with two attached hydrogens (primary N) is 1. The van der Waals surface area contributed by atoms with E-state index in [4.69, 9.17) is 10.6 Å². The lowest BCUT2D eigenvalue weighted by atomic mass is 10.1. The molecule has 0 radical (unpaired) electrons. The summed E-state index contributed by atoms with van der Waals surface area (Å²) in [6.07, 6.45) is 0. The number of hydrogen-bond donors (Lipinski definition) is 7. The highest BCUT2D eigenvalue weighted by molar-refractivity contribution is 7.13. The Morgan fingerprint density at radius 3 is 2.27 bits per heavy atom. The van der Waals surface area contributed by atoms with Crippen LogP contribution in [0, 0.1) is 0 Å². The van der Waals surface area contributed by atoms with Crippen molar-refractivity contribution < 1.29 is 58.8 Å². The predicted molar refractivity (Wildman–Crippen MR) is 159 cm³/mol. The largest absolute Gasteiger partial charge is 0.504 e. The van der Waals surface area contributed by atoms with Crippen LogP contribution in [0.2, 0.25) is 0 Å². The second-order valence-electron chi connectivity index (χ2n) is 11.0. The van der Waals surface area contributed by atoms with Crippen LogP contribution in [0.5, 0.6) is 11.5 Å². The molecule has 48 heavy (non-hydrogen) atoms. The topological polar surface area (TPSA) is 295 Å². The van der Waals surface area contributed by atoms with Crippen molar-refractivity contribution in [1.29, 1.82) is 0 Å². The van der Waals surface area contributed by atoms with Gasteiger partial charge in [-0.3, -0.25) is 28.9 Å². The molecule has 2 aromatic rings. The van der Waals surface area contributed by atoms with E-state index in [1.807, 2.05) is 0 Å². The molecule has 5 amide bonds. The van der Waals surface area contributed by atoms with Crippen LogP contribution in [-0.2, 0) is 28.8 Å². The van der Waals surface area contributed by atoms with Crippen LogP contribution >= 0.6 is 11.3 Å². The number of hydrogen-bond acceptors (Lipinski definition) is 15. The Labute approximate surface area is 272 Å². The summed E-state index contributed by atoms with van der Waals surface area (Å²) in [6.45, 7) is 1.08. The summed E-state index contributed by atoms with van der Waals surface area (Å²) < 4.78 is 0. The lowest BCUT2D eigenvalue weighted by Crippen LogP contribution is -2.46. The number of hydrazine groups is 1. The van der Waals surface area contributed by atoms with E-state index in [2.05, 4.69) is 20.8 Å². The SMILES string of the molecule is CC(C)(ON=C(C(=O)NC1CN2CC(C(=O)NCCN3C(=O)c4cc(O)c(O)cc4C3=O)=C(C(=O)O)N2C1=O)c1csc(N)n1)C(=O)O. The number of fused-ring (bicyclic) bond motifs is 2. The molecule has 1 aromatic carbocycles. The van der Waals surface area contributed by atoms with E-state index < -0.39 is 76.0 Å². The molecule has 0 spiro atoms. The number of aromatic nitrogens is 1. The van der Waals surface area contributed by atoms with Gasteiger partial charge in [0.05, 0.1) is 23.2 Å². The Bertz CT molecular complexity index is 1830. The van der Waals surface area contributed by atoms with Gasteiger partial charge in [0.2, 0.25) is 5.60 Å². The Hall–Kier alpha value is -6.09. The van der Waals surface area contributed by atoms with Crippen LogP contribution in [0.1, 0.15) is 40.3 Å².